The fourth-order valence-electron chi connectivity index (χ4n) is 1.48. The number of rotatable bonds is 6. The number of amides is 1. The lowest BCUT2D eigenvalue weighted by Crippen LogP contribution is -2.40. The SMILES string of the molecule is C=CCC[C@@H](NC(=O)c1ccc(C#N)cc1)C(=O)O. The van der Waals surface area contributed by atoms with Crippen LogP contribution in [0.15, 0.2) is 36.9 Å². The van der Waals surface area contributed by atoms with E-state index in [1.54, 1.807) is 6.08 Å². The van der Waals surface area contributed by atoms with Crippen LogP contribution < -0.4 is 5.32 Å². The van der Waals surface area contributed by atoms with Crippen LogP contribution in [0.3, 0.4) is 0 Å². The molecule has 0 aromatic heterocycles. The molecule has 1 atom stereocenters. The van der Waals surface area contributed by atoms with Gasteiger partial charge in [-0.3, -0.25) is 4.79 Å². The standard InChI is InChI=1S/C14H14N2O3/c1-2-3-4-12(14(18)19)16-13(17)11-7-5-10(9-15)6-8-11/h2,5-8,12H,1,3-4H2,(H,16,17)(H,18,19)/t12-/m1/s1. The number of aliphatic carboxylic acids is 1. The summed E-state index contributed by atoms with van der Waals surface area (Å²) in [6, 6.07) is 6.99. The fourth-order valence-corrected chi connectivity index (χ4v) is 1.48. The highest BCUT2D eigenvalue weighted by Crippen LogP contribution is 2.05. The summed E-state index contributed by atoms with van der Waals surface area (Å²) >= 11 is 0. The van der Waals surface area contributed by atoms with E-state index >= 15 is 0 Å². The van der Waals surface area contributed by atoms with E-state index in [4.69, 9.17) is 10.4 Å². The van der Waals surface area contributed by atoms with Crippen molar-refractivity contribution in [1.29, 1.82) is 5.26 Å². The van der Waals surface area contributed by atoms with Crippen LogP contribution in [0.25, 0.3) is 0 Å². The molecule has 5 nitrogen and oxygen atoms in total. The number of hydrogen-bond acceptors (Lipinski definition) is 3. The Labute approximate surface area is 111 Å². The van der Waals surface area contributed by atoms with E-state index in [1.165, 1.54) is 24.3 Å². The fraction of sp³-hybridized carbons (Fsp3) is 0.214. The van der Waals surface area contributed by atoms with E-state index in [-0.39, 0.29) is 0 Å². The number of carbonyl (C=O) groups is 2. The van der Waals surface area contributed by atoms with Crippen LogP contribution in [-0.4, -0.2) is 23.0 Å². The van der Waals surface area contributed by atoms with E-state index in [9.17, 15) is 9.59 Å². The third-order valence-corrected chi connectivity index (χ3v) is 2.54. The first-order valence-electron chi connectivity index (χ1n) is 5.73. The highest BCUT2D eigenvalue weighted by atomic mass is 16.4. The average molecular weight is 258 g/mol. The summed E-state index contributed by atoms with van der Waals surface area (Å²) in [5.74, 6) is -1.55. The summed E-state index contributed by atoms with van der Waals surface area (Å²) in [6.45, 7) is 3.51. The van der Waals surface area contributed by atoms with Gasteiger partial charge in [-0.25, -0.2) is 4.79 Å². The molecule has 1 rings (SSSR count). The van der Waals surface area contributed by atoms with Gasteiger partial charge in [-0.1, -0.05) is 6.08 Å². The van der Waals surface area contributed by atoms with Gasteiger partial charge in [0.15, 0.2) is 0 Å². The second-order valence-corrected chi connectivity index (χ2v) is 3.92. The summed E-state index contributed by atoms with van der Waals surface area (Å²) < 4.78 is 0. The molecule has 0 aliphatic carbocycles. The van der Waals surface area contributed by atoms with Crippen molar-refractivity contribution in [3.05, 3.63) is 48.0 Å². The number of nitrogens with zero attached hydrogens (tertiary/aromatic N) is 1. The number of carbonyl (C=O) groups excluding carboxylic acids is 1. The molecule has 0 saturated carbocycles. The van der Waals surface area contributed by atoms with E-state index in [0.29, 0.717) is 24.0 Å². The first-order chi connectivity index (χ1) is 9.08. The molecule has 0 saturated heterocycles. The van der Waals surface area contributed by atoms with E-state index in [0.717, 1.165) is 0 Å². The Balaban J connectivity index is 2.73. The van der Waals surface area contributed by atoms with Crippen LogP contribution in [0.1, 0.15) is 28.8 Å². The predicted octanol–water partition coefficient (Wildman–Crippen LogP) is 1.71. The molecule has 1 aromatic rings. The van der Waals surface area contributed by atoms with Crippen LogP contribution in [0.4, 0.5) is 0 Å². The molecule has 0 heterocycles. The monoisotopic (exact) mass is 258 g/mol. The minimum absolute atomic E-state index is 0.293. The van der Waals surface area contributed by atoms with Crippen molar-refractivity contribution in [1.82, 2.24) is 5.32 Å². The molecule has 0 fully saturated rings. The molecule has 0 radical (unpaired) electrons. The van der Waals surface area contributed by atoms with E-state index < -0.39 is 17.9 Å². The van der Waals surface area contributed by atoms with Gasteiger partial charge in [0.1, 0.15) is 6.04 Å². The molecular formula is C14H14N2O3. The van der Waals surface area contributed by atoms with Gasteiger partial charge in [0.2, 0.25) is 0 Å². The second-order valence-electron chi connectivity index (χ2n) is 3.92. The van der Waals surface area contributed by atoms with Gasteiger partial charge in [-0.2, -0.15) is 5.26 Å². The number of allylic oxidation sites excluding steroid dienone is 1. The van der Waals surface area contributed by atoms with Crippen LogP contribution in [0, 0.1) is 11.3 Å². The molecule has 98 valence electrons. The minimum atomic E-state index is -1.08. The Bertz CT molecular complexity index is 514. The zero-order valence-electron chi connectivity index (χ0n) is 10.3. The number of benzene rings is 1. The molecular weight excluding hydrogens is 244 g/mol. The van der Waals surface area contributed by atoms with Crippen molar-refractivity contribution in [3.8, 4) is 6.07 Å². The van der Waals surface area contributed by atoms with Gasteiger partial charge in [0.25, 0.3) is 5.91 Å². The second kappa shape index (κ2) is 6.97. The van der Waals surface area contributed by atoms with Crippen molar-refractivity contribution < 1.29 is 14.7 Å². The topological polar surface area (TPSA) is 90.2 Å². The lowest BCUT2D eigenvalue weighted by Gasteiger charge is -2.13. The third kappa shape index (κ3) is 4.28. The van der Waals surface area contributed by atoms with E-state index in [2.05, 4.69) is 11.9 Å². The molecule has 0 spiro atoms. The minimum Gasteiger partial charge on any atom is -0.480 e. The molecule has 5 heteroatoms. The Morgan fingerprint density at radius 3 is 2.53 bits per heavy atom. The smallest absolute Gasteiger partial charge is 0.326 e. The lowest BCUT2D eigenvalue weighted by molar-refractivity contribution is -0.139. The first kappa shape index (κ1) is 14.5. The van der Waals surface area contributed by atoms with Gasteiger partial charge < -0.3 is 10.4 Å². The average Bonchev–Trinajstić information content (AvgIpc) is 2.43. The van der Waals surface area contributed by atoms with Gasteiger partial charge >= 0.3 is 5.97 Å². The quantitative estimate of drug-likeness (QED) is 0.760. The van der Waals surface area contributed by atoms with Crippen LogP contribution in [0.2, 0.25) is 0 Å². The summed E-state index contributed by atoms with van der Waals surface area (Å²) in [6.07, 6.45) is 2.40. The Kier molecular flexibility index (Phi) is 5.30. The van der Waals surface area contributed by atoms with Crippen molar-refractivity contribution in [2.24, 2.45) is 0 Å². The maximum atomic E-state index is 11.8. The summed E-state index contributed by atoms with van der Waals surface area (Å²) in [7, 11) is 0. The maximum Gasteiger partial charge on any atom is 0.326 e. The van der Waals surface area contributed by atoms with Crippen LogP contribution in [-0.2, 0) is 4.79 Å². The number of nitriles is 1. The molecule has 0 aliphatic rings. The Morgan fingerprint density at radius 2 is 2.05 bits per heavy atom. The number of carboxylic acid groups (broad SMARTS) is 1. The van der Waals surface area contributed by atoms with Gasteiger partial charge in [0, 0.05) is 5.56 Å². The van der Waals surface area contributed by atoms with Crippen molar-refractivity contribution >= 4 is 11.9 Å². The summed E-state index contributed by atoms with van der Waals surface area (Å²) in [5.41, 5.74) is 0.766. The lowest BCUT2D eigenvalue weighted by atomic mass is 10.1. The molecule has 1 aromatic carbocycles. The third-order valence-electron chi connectivity index (χ3n) is 2.54. The molecule has 0 bridgehead atoms. The Hall–Kier alpha value is -2.61. The van der Waals surface area contributed by atoms with E-state index in [1.807, 2.05) is 6.07 Å². The normalized spacial score (nSPS) is 11.1. The Morgan fingerprint density at radius 1 is 1.42 bits per heavy atom. The molecule has 0 aliphatic heterocycles. The molecule has 0 unspecified atom stereocenters. The molecule has 1 amide bonds. The molecule has 2 N–H and O–H groups in total. The van der Waals surface area contributed by atoms with Gasteiger partial charge in [-0.05, 0) is 37.1 Å². The van der Waals surface area contributed by atoms with Gasteiger partial charge in [-0.15, -0.1) is 6.58 Å². The highest BCUT2D eigenvalue weighted by molar-refractivity contribution is 5.96. The number of carboxylic acids is 1. The predicted molar refractivity (Wildman–Crippen MR) is 69.5 cm³/mol. The zero-order valence-corrected chi connectivity index (χ0v) is 10.3. The van der Waals surface area contributed by atoms with Crippen molar-refractivity contribution in [2.75, 3.05) is 0 Å². The molecule has 19 heavy (non-hydrogen) atoms. The van der Waals surface area contributed by atoms with Crippen molar-refractivity contribution in [2.45, 2.75) is 18.9 Å². The van der Waals surface area contributed by atoms with Crippen LogP contribution in [0.5, 0.6) is 0 Å². The summed E-state index contributed by atoms with van der Waals surface area (Å²) in [4.78, 5) is 22.8. The van der Waals surface area contributed by atoms with Crippen LogP contribution >= 0.6 is 0 Å². The number of nitrogens with one attached hydrogen (secondary N) is 1. The zero-order chi connectivity index (χ0) is 14.3. The van der Waals surface area contributed by atoms with Gasteiger partial charge in [0.05, 0.1) is 11.6 Å². The number of hydrogen-bond donors (Lipinski definition) is 2. The maximum absolute atomic E-state index is 11.8. The largest absolute Gasteiger partial charge is 0.480 e. The first-order valence-corrected chi connectivity index (χ1v) is 5.73. The summed E-state index contributed by atoms with van der Waals surface area (Å²) in [5, 5.41) is 20.1. The van der Waals surface area contributed by atoms with Crippen molar-refractivity contribution in [3.63, 3.8) is 0 Å². The highest BCUT2D eigenvalue weighted by Gasteiger charge is 2.19.